The van der Waals surface area contributed by atoms with Gasteiger partial charge in [0.05, 0.1) is 18.5 Å². The number of H-pyrrole nitrogens is 1. The van der Waals surface area contributed by atoms with Crippen molar-refractivity contribution >= 4 is 68.1 Å². The van der Waals surface area contributed by atoms with Gasteiger partial charge in [-0.15, -0.1) is 0 Å². The fourth-order valence-corrected chi connectivity index (χ4v) is 9.49. The Hall–Kier alpha value is -2.13. The van der Waals surface area contributed by atoms with E-state index in [0.29, 0.717) is 17.9 Å². The number of phosphoric ester groups is 1. The third kappa shape index (κ3) is 9.71. The van der Waals surface area contributed by atoms with Crippen LogP contribution in [0.4, 0.5) is 5.95 Å². The molecule has 1 saturated heterocycles. The molecule has 4 unspecified atom stereocenters. The van der Waals surface area contributed by atoms with Crippen molar-refractivity contribution in [3.05, 3.63) is 52.1 Å². The summed E-state index contributed by atoms with van der Waals surface area (Å²) in [5.41, 5.74) is 11.4. The van der Waals surface area contributed by atoms with Gasteiger partial charge in [0.1, 0.15) is 18.4 Å². The first-order valence-corrected chi connectivity index (χ1v) is 19.8. The zero-order valence-corrected chi connectivity index (χ0v) is 27.9. The minimum Gasteiger partial charge on any atom is -0.456 e. The van der Waals surface area contributed by atoms with Crippen LogP contribution in [0.25, 0.3) is 11.2 Å². The maximum atomic E-state index is 13.5. The minimum absolute atomic E-state index is 0.0102. The molecule has 20 nitrogen and oxygen atoms in total. The molecule has 1 aliphatic rings. The molecule has 3 aromatic rings. The van der Waals surface area contributed by atoms with Gasteiger partial charge in [-0.3, -0.25) is 18.9 Å². The summed E-state index contributed by atoms with van der Waals surface area (Å²) >= 11 is 0. The van der Waals surface area contributed by atoms with Crippen molar-refractivity contribution < 1.29 is 60.7 Å². The summed E-state index contributed by atoms with van der Waals surface area (Å²) in [6.07, 6.45) is -2.52. The quantitative estimate of drug-likeness (QED) is 0.0506. The third-order valence-electron chi connectivity index (χ3n) is 6.05. The van der Waals surface area contributed by atoms with Crippen molar-refractivity contribution in [3.8, 4) is 0 Å². The van der Waals surface area contributed by atoms with E-state index in [0.717, 1.165) is 0 Å². The van der Waals surface area contributed by atoms with Gasteiger partial charge >= 0.3 is 29.4 Å². The Bertz CT molecular complexity index is 1770. The van der Waals surface area contributed by atoms with Crippen LogP contribution in [0.1, 0.15) is 40.7 Å². The number of rotatable bonds is 15. The number of nitrogens with zero attached hydrogens (tertiary/aromatic N) is 3. The molecule has 1 aliphatic heterocycles. The summed E-state index contributed by atoms with van der Waals surface area (Å²) in [5, 5.41) is -0.152. The highest BCUT2D eigenvalue weighted by Crippen LogP contribution is 2.66. The molecule has 0 aliphatic carbocycles. The number of nitrogens with two attached hydrogens (primary N) is 2. The van der Waals surface area contributed by atoms with Crippen LogP contribution in [-0.4, -0.2) is 76.2 Å². The number of hydrogen-bond acceptors (Lipinski definition) is 16. The van der Waals surface area contributed by atoms with Crippen LogP contribution in [0.15, 0.2) is 35.4 Å². The zero-order chi connectivity index (χ0) is 33.9. The lowest BCUT2D eigenvalue weighted by Crippen LogP contribution is -2.31. The van der Waals surface area contributed by atoms with E-state index in [4.69, 9.17) is 35.3 Å². The van der Waals surface area contributed by atoms with E-state index in [9.17, 15) is 33.1 Å². The largest absolute Gasteiger partial charge is 0.490 e. The molecule has 1 aromatic carbocycles. The van der Waals surface area contributed by atoms with E-state index < -0.39 is 60.0 Å². The molecule has 9 N–H and O–H groups in total. The van der Waals surface area contributed by atoms with Gasteiger partial charge in [-0.05, 0) is 18.6 Å². The summed E-state index contributed by atoms with van der Waals surface area (Å²) < 4.78 is 60.4. The average Bonchev–Trinajstić information content (AvgIpc) is 3.54. The van der Waals surface area contributed by atoms with Crippen molar-refractivity contribution in [1.82, 2.24) is 19.5 Å². The number of aromatic amines is 1. The Kier molecular flexibility index (Phi) is 11.9. The Labute approximate surface area is 267 Å². The average molecular weight is 747 g/mol. The van der Waals surface area contributed by atoms with Crippen LogP contribution < -0.4 is 17.0 Å². The topological polar surface area (TPSA) is 311 Å². The van der Waals surface area contributed by atoms with Crippen molar-refractivity contribution in [2.45, 2.75) is 37.0 Å². The van der Waals surface area contributed by atoms with Gasteiger partial charge in [-0.25, -0.2) is 23.5 Å². The van der Waals surface area contributed by atoms with Gasteiger partial charge < -0.3 is 40.5 Å². The number of ether oxygens (including phenoxy) is 2. The number of carbonyl (C=O) groups is 1. The lowest BCUT2D eigenvalue weighted by molar-refractivity contribution is -0.0490. The number of imidazole rings is 1. The molecular weight excluding hydrogens is 717 g/mol. The Balaban J connectivity index is 1.58. The van der Waals surface area contributed by atoms with Gasteiger partial charge in [0.15, 0.2) is 11.2 Å². The highest BCUT2D eigenvalue weighted by molar-refractivity contribution is 8.76. The number of anilines is 1. The maximum absolute atomic E-state index is 13.5. The van der Waals surface area contributed by atoms with Crippen molar-refractivity contribution in [1.29, 1.82) is 0 Å². The maximum Gasteiger partial charge on any atom is 0.490 e. The minimum atomic E-state index is -5.79. The standard InChI is InChI=1S/C21H29N6O14P3S2/c1-11(46-45-7-6-22)12-4-2-3-5-13(12)20(29)39-14-8-16(27-10-24-17-18(27)25-21(23)26-19(17)28)38-15(14)9-37-43(33,34)41-44(35,36)40-42(30,31)32/h2-5,10-11,14-16H,6-9,22H2,1H3,(H,33,34)(H,35,36)(H2,30,31,32)(H3,23,25,26,28)/t11?,14?,15-,16-/m1/s1. The Morgan fingerprint density at radius 2 is 1.91 bits per heavy atom. The molecule has 254 valence electrons. The fourth-order valence-electron chi connectivity index (χ4n) is 4.26. The normalized spacial score (nSPS) is 21.9. The Morgan fingerprint density at radius 1 is 1.20 bits per heavy atom. The second-order valence-corrected chi connectivity index (χ2v) is 16.7. The zero-order valence-electron chi connectivity index (χ0n) is 23.6. The molecule has 1 fully saturated rings. The summed E-state index contributed by atoms with van der Waals surface area (Å²) in [6.45, 7) is 1.46. The number of nitrogen functional groups attached to an aromatic ring is 1. The highest BCUT2D eigenvalue weighted by atomic mass is 33.1. The second kappa shape index (κ2) is 15.0. The molecule has 6 atom stereocenters. The van der Waals surface area contributed by atoms with Crippen LogP contribution >= 0.6 is 45.1 Å². The molecule has 3 heterocycles. The first kappa shape index (κ1) is 36.7. The van der Waals surface area contributed by atoms with Crippen LogP contribution in [0.2, 0.25) is 0 Å². The smallest absolute Gasteiger partial charge is 0.456 e. The van der Waals surface area contributed by atoms with E-state index in [-0.39, 0.29) is 34.3 Å². The van der Waals surface area contributed by atoms with E-state index in [1.54, 1.807) is 24.3 Å². The van der Waals surface area contributed by atoms with Crippen LogP contribution in [0.5, 0.6) is 0 Å². The predicted molar refractivity (Wildman–Crippen MR) is 164 cm³/mol. The number of hydrogen-bond donors (Lipinski definition) is 7. The molecule has 0 amide bonds. The van der Waals surface area contributed by atoms with E-state index in [1.165, 1.54) is 32.5 Å². The first-order valence-electron chi connectivity index (χ1n) is 12.9. The lowest BCUT2D eigenvalue weighted by atomic mass is 10.0. The molecule has 0 bridgehead atoms. The molecule has 46 heavy (non-hydrogen) atoms. The van der Waals surface area contributed by atoms with Crippen molar-refractivity contribution in [2.24, 2.45) is 5.73 Å². The summed E-state index contributed by atoms with van der Waals surface area (Å²) in [7, 11) is -13.9. The molecule has 2 aromatic heterocycles. The molecule has 25 heteroatoms. The van der Waals surface area contributed by atoms with Gasteiger partial charge in [0.2, 0.25) is 5.95 Å². The monoisotopic (exact) mass is 746 g/mol. The lowest BCUT2D eigenvalue weighted by Gasteiger charge is -2.22. The summed E-state index contributed by atoms with van der Waals surface area (Å²) in [6, 6.07) is 6.69. The first-order chi connectivity index (χ1) is 21.5. The van der Waals surface area contributed by atoms with Gasteiger partial charge in [0, 0.05) is 24.0 Å². The van der Waals surface area contributed by atoms with Gasteiger partial charge in [-0.2, -0.15) is 13.6 Å². The van der Waals surface area contributed by atoms with Crippen molar-refractivity contribution in [3.63, 3.8) is 0 Å². The number of benzene rings is 1. The predicted octanol–water partition coefficient (Wildman–Crippen LogP) is 1.96. The van der Waals surface area contributed by atoms with Gasteiger partial charge in [0.25, 0.3) is 5.56 Å². The fraction of sp³-hybridized carbons (Fsp3) is 0.429. The number of fused-ring (bicyclic) bond motifs is 1. The second-order valence-electron chi connectivity index (χ2n) is 9.41. The van der Waals surface area contributed by atoms with Crippen molar-refractivity contribution in [2.75, 3.05) is 24.6 Å². The number of phosphoric acid groups is 3. The summed E-state index contributed by atoms with van der Waals surface area (Å²) in [4.78, 5) is 73.1. The van der Waals surface area contributed by atoms with Crippen LogP contribution in [0.3, 0.4) is 0 Å². The van der Waals surface area contributed by atoms with Crippen LogP contribution in [-0.2, 0) is 36.3 Å². The molecule has 0 spiro atoms. The molecule has 4 rings (SSSR count). The van der Waals surface area contributed by atoms with E-state index in [1.807, 2.05) is 6.92 Å². The molecule has 0 radical (unpaired) electrons. The van der Waals surface area contributed by atoms with Crippen LogP contribution in [0, 0.1) is 0 Å². The SMILES string of the molecule is CC(SSCCN)c1ccccc1C(=O)OC1C[C@H](n2cnc3c(=O)[nH]c(N)nc32)O[C@@H]1COP(=O)(O)OP(=O)(O)OP(=O)(O)O. The number of aromatic nitrogens is 4. The van der Waals surface area contributed by atoms with Gasteiger partial charge in [-0.1, -0.05) is 39.8 Å². The third-order valence-corrected chi connectivity index (χ3v) is 12.7. The molecular formula is C21H29N6O14P3S2. The van der Waals surface area contributed by atoms with E-state index in [2.05, 4.69) is 23.6 Å². The number of esters is 1. The van der Waals surface area contributed by atoms with E-state index >= 15 is 0 Å². The highest BCUT2D eigenvalue weighted by Gasteiger charge is 2.44. The number of nitrogens with one attached hydrogen (secondary N) is 1. The molecule has 0 saturated carbocycles. The number of carbonyl (C=O) groups excluding carboxylic acids is 1. The Morgan fingerprint density at radius 3 is 2.61 bits per heavy atom. The summed E-state index contributed by atoms with van der Waals surface area (Å²) in [5.74, 6) is -0.314.